The number of amides is 1. The largest absolute Gasteiger partial charge is 0.480 e. The number of aliphatic hydroxyl groups is 1. The second kappa shape index (κ2) is 7.48. The summed E-state index contributed by atoms with van der Waals surface area (Å²) >= 11 is 0. The molecule has 1 saturated heterocycles. The average molecular weight is 399 g/mol. The summed E-state index contributed by atoms with van der Waals surface area (Å²) in [6, 6.07) is 5.15. The third-order valence-electron chi connectivity index (χ3n) is 6.71. The molecule has 156 valence electrons. The van der Waals surface area contributed by atoms with E-state index in [1.54, 1.807) is 6.92 Å². The first-order valence-electron chi connectivity index (χ1n) is 10.5. The Balaban J connectivity index is 1.51. The molecule has 1 unspecified atom stereocenters. The second-order valence-electron chi connectivity index (χ2n) is 8.65. The van der Waals surface area contributed by atoms with E-state index in [1.165, 1.54) is 6.07 Å². The number of carbonyl (C=O) groups excluding carboxylic acids is 1. The minimum Gasteiger partial charge on any atom is -0.480 e. The molecule has 1 aliphatic heterocycles. The van der Waals surface area contributed by atoms with Crippen LogP contribution in [0.15, 0.2) is 27.4 Å². The second-order valence-corrected chi connectivity index (χ2v) is 8.65. The van der Waals surface area contributed by atoms with Crippen molar-refractivity contribution in [2.75, 3.05) is 13.1 Å². The van der Waals surface area contributed by atoms with Crippen molar-refractivity contribution in [3.05, 3.63) is 39.7 Å². The average Bonchev–Trinajstić information content (AvgIpc) is 2.69. The van der Waals surface area contributed by atoms with Crippen molar-refractivity contribution in [3.8, 4) is 5.75 Å². The highest BCUT2D eigenvalue weighted by atomic mass is 16.5. The van der Waals surface area contributed by atoms with Gasteiger partial charge in [-0.15, -0.1) is 0 Å². The van der Waals surface area contributed by atoms with Crippen LogP contribution in [0.1, 0.15) is 50.2 Å². The van der Waals surface area contributed by atoms with Crippen LogP contribution in [0.25, 0.3) is 11.0 Å². The first-order chi connectivity index (χ1) is 13.8. The summed E-state index contributed by atoms with van der Waals surface area (Å²) in [6.07, 6.45) is 3.97. The Labute approximate surface area is 170 Å². The molecule has 6 heteroatoms. The zero-order valence-corrected chi connectivity index (χ0v) is 17.4. The molecule has 1 aromatic heterocycles. The molecule has 0 spiro atoms. The summed E-state index contributed by atoms with van der Waals surface area (Å²) in [5.74, 6) is 0.627. The van der Waals surface area contributed by atoms with Crippen molar-refractivity contribution >= 4 is 16.9 Å². The summed E-state index contributed by atoms with van der Waals surface area (Å²) in [4.78, 5) is 26.6. The molecule has 29 heavy (non-hydrogen) atoms. The number of hydrogen-bond donors (Lipinski definition) is 1. The molecular weight excluding hydrogens is 370 g/mol. The fourth-order valence-electron chi connectivity index (χ4n) is 4.90. The molecule has 1 amide bonds. The Morgan fingerprint density at radius 1 is 1.31 bits per heavy atom. The Hall–Kier alpha value is -2.34. The molecule has 2 aromatic rings. The zero-order chi connectivity index (χ0) is 20.8. The van der Waals surface area contributed by atoms with Crippen LogP contribution in [0, 0.1) is 19.8 Å². The summed E-state index contributed by atoms with van der Waals surface area (Å²) in [5, 5.41) is 11.7. The Kier molecular flexibility index (Phi) is 5.15. The molecule has 0 bridgehead atoms. The Bertz CT molecular complexity index is 997. The van der Waals surface area contributed by atoms with Crippen molar-refractivity contribution in [1.82, 2.24) is 4.90 Å². The lowest BCUT2D eigenvalue weighted by molar-refractivity contribution is -0.149. The van der Waals surface area contributed by atoms with E-state index in [2.05, 4.69) is 0 Å². The third kappa shape index (κ3) is 3.66. The van der Waals surface area contributed by atoms with E-state index < -0.39 is 17.3 Å². The normalized spacial score (nSPS) is 25.5. The lowest BCUT2D eigenvalue weighted by atomic mass is 9.71. The first-order valence-corrected chi connectivity index (χ1v) is 10.5. The molecule has 1 N–H and O–H groups in total. The van der Waals surface area contributed by atoms with Gasteiger partial charge in [-0.2, -0.15) is 0 Å². The van der Waals surface area contributed by atoms with Gasteiger partial charge >= 0.3 is 5.63 Å². The van der Waals surface area contributed by atoms with Crippen LogP contribution in [0.3, 0.4) is 0 Å². The molecule has 2 heterocycles. The molecule has 1 saturated carbocycles. The maximum atomic E-state index is 13.0. The third-order valence-corrected chi connectivity index (χ3v) is 6.71. The molecule has 0 radical (unpaired) electrons. The van der Waals surface area contributed by atoms with Gasteiger partial charge in [0.25, 0.3) is 5.91 Å². The van der Waals surface area contributed by atoms with Crippen molar-refractivity contribution in [3.63, 3.8) is 0 Å². The highest BCUT2D eigenvalue weighted by molar-refractivity contribution is 5.85. The minimum absolute atomic E-state index is 0.0668. The highest BCUT2D eigenvalue weighted by Crippen LogP contribution is 2.40. The predicted molar refractivity (Wildman–Crippen MR) is 110 cm³/mol. The summed E-state index contributed by atoms with van der Waals surface area (Å²) in [7, 11) is 0. The molecule has 4 rings (SSSR count). The van der Waals surface area contributed by atoms with Gasteiger partial charge in [0, 0.05) is 36.0 Å². The summed E-state index contributed by atoms with van der Waals surface area (Å²) in [5.41, 5.74) is 1.06. The maximum Gasteiger partial charge on any atom is 0.336 e. The quantitative estimate of drug-likeness (QED) is 0.801. The lowest BCUT2D eigenvalue weighted by Crippen LogP contribution is -2.56. The van der Waals surface area contributed by atoms with Crippen molar-refractivity contribution in [1.29, 1.82) is 0 Å². The van der Waals surface area contributed by atoms with E-state index in [-0.39, 0.29) is 11.8 Å². The fourth-order valence-corrected chi connectivity index (χ4v) is 4.90. The number of benzene rings is 1. The number of nitrogens with zero attached hydrogens (tertiary/aromatic N) is 1. The summed E-state index contributed by atoms with van der Waals surface area (Å²) in [6.45, 7) is 6.60. The number of piperidine rings is 1. The molecule has 2 fully saturated rings. The van der Waals surface area contributed by atoms with Crippen LogP contribution in [-0.4, -0.2) is 40.7 Å². The number of fused-ring (bicyclic) bond motifs is 2. The van der Waals surface area contributed by atoms with Crippen molar-refractivity contribution in [2.45, 2.75) is 64.6 Å². The smallest absolute Gasteiger partial charge is 0.336 e. The van der Waals surface area contributed by atoms with E-state index >= 15 is 0 Å². The van der Waals surface area contributed by atoms with Gasteiger partial charge in [-0.25, -0.2) is 4.79 Å². The molecule has 1 aromatic carbocycles. The van der Waals surface area contributed by atoms with Gasteiger partial charge in [-0.1, -0.05) is 12.8 Å². The van der Waals surface area contributed by atoms with E-state index in [0.717, 1.165) is 36.6 Å². The van der Waals surface area contributed by atoms with Gasteiger partial charge in [-0.3, -0.25) is 4.79 Å². The fraction of sp³-hybridized carbons (Fsp3) is 0.565. The lowest BCUT2D eigenvalue weighted by Gasteiger charge is -2.47. The molecular formula is C23H29NO5. The van der Waals surface area contributed by atoms with Crippen LogP contribution >= 0.6 is 0 Å². The van der Waals surface area contributed by atoms with Crippen molar-refractivity contribution < 1.29 is 19.1 Å². The summed E-state index contributed by atoms with van der Waals surface area (Å²) < 4.78 is 11.4. The van der Waals surface area contributed by atoms with E-state index in [4.69, 9.17) is 9.15 Å². The zero-order valence-electron chi connectivity index (χ0n) is 17.4. The van der Waals surface area contributed by atoms with Gasteiger partial charge in [0.05, 0.1) is 5.60 Å². The van der Waals surface area contributed by atoms with E-state index in [0.29, 0.717) is 36.4 Å². The van der Waals surface area contributed by atoms with Gasteiger partial charge in [-0.05, 0) is 57.7 Å². The van der Waals surface area contributed by atoms with Crippen LogP contribution < -0.4 is 10.4 Å². The molecule has 3 atom stereocenters. The van der Waals surface area contributed by atoms with Crippen LogP contribution in [-0.2, 0) is 4.79 Å². The van der Waals surface area contributed by atoms with Gasteiger partial charge < -0.3 is 19.2 Å². The molecule has 6 nitrogen and oxygen atoms in total. The van der Waals surface area contributed by atoms with Crippen molar-refractivity contribution in [2.24, 2.45) is 5.92 Å². The maximum absolute atomic E-state index is 13.0. The van der Waals surface area contributed by atoms with E-state index in [9.17, 15) is 14.7 Å². The standard InChI is InChI=1S/C23H29NO5/c1-14-12-20(25)29-21-15(2)19(8-7-18(14)21)28-16(3)22(26)24-11-10-23(27)9-5-4-6-17(23)13-24/h7-8,12,16-17,27H,4-6,9-11,13H2,1-3H3/t16?,17-,23-/m0/s1. The monoisotopic (exact) mass is 399 g/mol. The van der Waals surface area contributed by atoms with E-state index in [1.807, 2.05) is 30.9 Å². The van der Waals surface area contributed by atoms with Crippen LogP contribution in [0.2, 0.25) is 0 Å². The Morgan fingerprint density at radius 3 is 2.90 bits per heavy atom. The SMILES string of the molecule is Cc1cc(=O)oc2c(C)c(OC(C)C(=O)N3CC[C@@]4(O)CCCC[C@H]4C3)ccc12. The number of aryl methyl sites for hydroxylation is 2. The highest BCUT2D eigenvalue weighted by Gasteiger charge is 2.44. The number of hydrogen-bond acceptors (Lipinski definition) is 5. The first kappa shape index (κ1) is 20.0. The number of likely N-dealkylation sites (tertiary alicyclic amines) is 1. The van der Waals surface area contributed by atoms with Crippen LogP contribution in [0.4, 0.5) is 0 Å². The number of ether oxygens (including phenoxy) is 1. The van der Waals surface area contributed by atoms with Gasteiger partial charge in [0.1, 0.15) is 11.3 Å². The predicted octanol–water partition coefficient (Wildman–Crippen LogP) is 3.33. The van der Waals surface area contributed by atoms with Crippen LogP contribution in [0.5, 0.6) is 5.75 Å². The topological polar surface area (TPSA) is 80.0 Å². The Morgan fingerprint density at radius 2 is 2.10 bits per heavy atom. The number of rotatable bonds is 3. The number of carbonyl (C=O) groups is 1. The molecule has 1 aliphatic carbocycles. The molecule has 2 aliphatic rings. The minimum atomic E-state index is -0.655. The van der Waals surface area contributed by atoms with Gasteiger partial charge in [0.15, 0.2) is 6.10 Å². The van der Waals surface area contributed by atoms with Gasteiger partial charge in [0.2, 0.25) is 0 Å².